The number of aryl methyl sites for hydroxylation is 1. The van der Waals surface area contributed by atoms with Gasteiger partial charge in [0, 0.05) is 30.8 Å². The quantitative estimate of drug-likeness (QED) is 0.411. The van der Waals surface area contributed by atoms with Crippen molar-refractivity contribution in [3.63, 3.8) is 0 Å². The third-order valence-electron chi connectivity index (χ3n) is 5.04. The van der Waals surface area contributed by atoms with Gasteiger partial charge < -0.3 is 15.2 Å². The zero-order valence-corrected chi connectivity index (χ0v) is 17.3. The third kappa shape index (κ3) is 5.01. The molecule has 31 heavy (non-hydrogen) atoms. The molecule has 0 unspecified atom stereocenters. The van der Waals surface area contributed by atoms with Crippen LogP contribution in [0.25, 0.3) is 0 Å². The van der Waals surface area contributed by atoms with Gasteiger partial charge >= 0.3 is 5.69 Å². The van der Waals surface area contributed by atoms with Crippen LogP contribution >= 0.6 is 11.6 Å². The summed E-state index contributed by atoms with van der Waals surface area (Å²) in [5, 5.41) is 23.7. The van der Waals surface area contributed by atoms with Gasteiger partial charge in [-0.2, -0.15) is 0 Å². The topological polar surface area (TPSA) is 157 Å². The molecule has 0 bridgehead atoms. The molecule has 1 aromatic heterocycles. The average Bonchev–Trinajstić information content (AvgIpc) is 3.08. The summed E-state index contributed by atoms with van der Waals surface area (Å²) >= 11 is 5.99. The van der Waals surface area contributed by atoms with Gasteiger partial charge in [0.1, 0.15) is 17.4 Å². The van der Waals surface area contributed by atoms with Crippen LogP contribution in [0.2, 0.25) is 5.02 Å². The molecule has 0 saturated carbocycles. The molecule has 166 valence electrons. The highest BCUT2D eigenvalue weighted by molar-refractivity contribution is 6.33. The zero-order valence-electron chi connectivity index (χ0n) is 16.5. The number of ether oxygens (including phenoxy) is 1. The van der Waals surface area contributed by atoms with Crippen LogP contribution in [-0.4, -0.2) is 44.2 Å². The number of benzene rings is 1. The first-order valence-electron chi connectivity index (χ1n) is 9.57. The van der Waals surface area contributed by atoms with Crippen molar-refractivity contribution in [1.82, 2.24) is 14.9 Å². The van der Waals surface area contributed by atoms with Crippen molar-refractivity contribution in [2.24, 2.45) is 0 Å². The van der Waals surface area contributed by atoms with Gasteiger partial charge in [0.15, 0.2) is 0 Å². The Balaban J connectivity index is 1.63. The van der Waals surface area contributed by atoms with E-state index in [2.05, 4.69) is 10.3 Å². The number of hydrogen-bond acceptors (Lipinski definition) is 7. The van der Waals surface area contributed by atoms with Crippen molar-refractivity contribution in [1.29, 1.82) is 0 Å². The van der Waals surface area contributed by atoms with Crippen LogP contribution in [0.3, 0.4) is 0 Å². The Hall–Kier alpha value is -3.02. The Morgan fingerprint density at radius 2 is 2.16 bits per heavy atom. The van der Waals surface area contributed by atoms with Gasteiger partial charge in [-0.15, -0.1) is 0 Å². The van der Waals surface area contributed by atoms with E-state index >= 15 is 0 Å². The van der Waals surface area contributed by atoms with Crippen LogP contribution < -0.4 is 16.6 Å². The number of H-pyrrole nitrogens is 1. The molecular weight excluding hydrogens is 432 g/mol. The second kappa shape index (κ2) is 9.41. The lowest BCUT2D eigenvalue weighted by Crippen LogP contribution is -2.38. The van der Waals surface area contributed by atoms with Gasteiger partial charge in [-0.05, 0) is 12.0 Å². The molecule has 1 fully saturated rings. The molecular formula is C19H21ClN4O7. The van der Waals surface area contributed by atoms with E-state index in [1.165, 1.54) is 29.0 Å². The number of aliphatic hydroxyl groups is 1. The molecule has 3 rings (SSSR count). The van der Waals surface area contributed by atoms with Crippen LogP contribution in [0.4, 0.5) is 5.69 Å². The number of aromatic nitrogens is 2. The molecule has 3 atom stereocenters. The normalized spacial score (nSPS) is 20.5. The van der Waals surface area contributed by atoms with E-state index < -0.39 is 40.5 Å². The van der Waals surface area contributed by atoms with Crippen LogP contribution in [-0.2, 0) is 22.4 Å². The number of aromatic amines is 1. The van der Waals surface area contributed by atoms with E-state index in [1.54, 1.807) is 6.92 Å². The summed E-state index contributed by atoms with van der Waals surface area (Å²) in [4.78, 5) is 48.6. The second-order valence-corrected chi connectivity index (χ2v) is 7.47. The molecule has 0 radical (unpaired) electrons. The van der Waals surface area contributed by atoms with Crippen LogP contribution in [0.5, 0.6) is 0 Å². The van der Waals surface area contributed by atoms with Gasteiger partial charge in [0.05, 0.1) is 17.4 Å². The summed E-state index contributed by atoms with van der Waals surface area (Å²) in [6.07, 6.45) is -0.779. The minimum absolute atomic E-state index is 0.0399. The Morgan fingerprint density at radius 3 is 2.84 bits per heavy atom. The number of amides is 1. The highest BCUT2D eigenvalue weighted by Gasteiger charge is 2.35. The maximum absolute atomic E-state index is 12.3. The summed E-state index contributed by atoms with van der Waals surface area (Å²) in [6, 6.07) is 4.20. The zero-order chi connectivity index (χ0) is 22.7. The van der Waals surface area contributed by atoms with Gasteiger partial charge in [0.2, 0.25) is 5.91 Å². The molecule has 1 aliphatic rings. The fraction of sp³-hybridized carbons (Fsp3) is 0.421. The minimum Gasteiger partial charge on any atom is -0.390 e. The van der Waals surface area contributed by atoms with E-state index in [9.17, 15) is 29.6 Å². The standard InChI is InChI=1S/C19H21ClN4O7/c1-2-10-9-23(19(28)22-18(10)27)16-7-13(25)14(31-16)8-21-15(26)6-11-4-3-5-12(17(11)20)24(29)30/h3-5,9,13-14,16,25H,2,6-8H2,1H3,(H,21,26)(H,22,27,28)/t13-,14+,16+/m0/s1. The SMILES string of the molecule is CCc1cn([C@H]2C[C@H](O)[C@@H](CNC(=O)Cc3cccc([N+](=O)[O-])c3Cl)O2)c(=O)[nH]c1=O. The summed E-state index contributed by atoms with van der Waals surface area (Å²) in [5.41, 5.74) is -0.702. The molecule has 2 heterocycles. The van der Waals surface area contributed by atoms with Crippen molar-refractivity contribution in [2.45, 2.75) is 44.6 Å². The van der Waals surface area contributed by atoms with Crippen LogP contribution in [0.1, 0.15) is 30.7 Å². The highest BCUT2D eigenvalue weighted by atomic mass is 35.5. The Bertz CT molecular complexity index is 1110. The average molecular weight is 453 g/mol. The van der Waals surface area contributed by atoms with Gasteiger partial charge in [-0.3, -0.25) is 29.3 Å². The number of hydrogen-bond donors (Lipinski definition) is 3. The second-order valence-electron chi connectivity index (χ2n) is 7.09. The van der Waals surface area contributed by atoms with E-state index in [-0.39, 0.29) is 30.1 Å². The fourth-order valence-corrected chi connectivity index (χ4v) is 3.62. The van der Waals surface area contributed by atoms with E-state index in [0.717, 1.165) is 0 Å². The van der Waals surface area contributed by atoms with E-state index in [4.69, 9.17) is 16.3 Å². The number of halogens is 1. The lowest BCUT2D eigenvalue weighted by molar-refractivity contribution is -0.384. The summed E-state index contributed by atoms with van der Waals surface area (Å²) in [7, 11) is 0. The molecule has 11 nitrogen and oxygen atoms in total. The molecule has 1 aromatic carbocycles. The Kier molecular flexibility index (Phi) is 6.88. The first-order chi connectivity index (χ1) is 14.7. The number of nitro benzene ring substituents is 1. The number of carbonyl (C=O) groups excluding carboxylic acids is 1. The maximum Gasteiger partial charge on any atom is 0.330 e. The number of aliphatic hydroxyl groups excluding tert-OH is 1. The molecule has 0 spiro atoms. The predicted octanol–water partition coefficient (Wildman–Crippen LogP) is 0.668. The van der Waals surface area contributed by atoms with Crippen molar-refractivity contribution >= 4 is 23.2 Å². The monoisotopic (exact) mass is 452 g/mol. The summed E-state index contributed by atoms with van der Waals surface area (Å²) < 4.78 is 6.93. The first kappa shape index (κ1) is 22.7. The van der Waals surface area contributed by atoms with Crippen molar-refractivity contribution in [2.75, 3.05) is 6.54 Å². The molecule has 0 aliphatic carbocycles. The van der Waals surface area contributed by atoms with E-state index in [0.29, 0.717) is 17.5 Å². The van der Waals surface area contributed by atoms with Crippen molar-refractivity contribution in [3.05, 3.63) is 71.5 Å². The van der Waals surface area contributed by atoms with Gasteiger partial charge in [-0.25, -0.2) is 4.79 Å². The fourth-order valence-electron chi connectivity index (χ4n) is 3.36. The van der Waals surface area contributed by atoms with Crippen LogP contribution in [0, 0.1) is 10.1 Å². The lowest BCUT2D eigenvalue weighted by Gasteiger charge is -2.17. The number of carbonyl (C=O) groups is 1. The first-order valence-corrected chi connectivity index (χ1v) is 9.95. The number of nitro groups is 1. The highest BCUT2D eigenvalue weighted by Crippen LogP contribution is 2.29. The number of rotatable bonds is 7. The summed E-state index contributed by atoms with van der Waals surface area (Å²) in [6.45, 7) is 1.73. The summed E-state index contributed by atoms with van der Waals surface area (Å²) in [5.74, 6) is -0.462. The minimum atomic E-state index is -0.949. The third-order valence-corrected chi connectivity index (χ3v) is 5.48. The van der Waals surface area contributed by atoms with Gasteiger partial charge in [-0.1, -0.05) is 30.7 Å². The molecule has 1 saturated heterocycles. The smallest absolute Gasteiger partial charge is 0.330 e. The lowest BCUT2D eigenvalue weighted by atomic mass is 10.1. The number of nitrogens with zero attached hydrogens (tertiary/aromatic N) is 2. The molecule has 12 heteroatoms. The number of nitrogens with one attached hydrogen (secondary N) is 2. The molecule has 3 N–H and O–H groups in total. The van der Waals surface area contributed by atoms with Crippen molar-refractivity contribution < 1.29 is 19.6 Å². The maximum atomic E-state index is 12.3. The van der Waals surface area contributed by atoms with Crippen LogP contribution in [0.15, 0.2) is 34.0 Å². The Labute approximate surface area is 180 Å². The Morgan fingerprint density at radius 1 is 1.42 bits per heavy atom. The molecule has 1 aliphatic heterocycles. The predicted molar refractivity (Wildman–Crippen MR) is 110 cm³/mol. The van der Waals surface area contributed by atoms with Gasteiger partial charge in [0.25, 0.3) is 11.2 Å². The van der Waals surface area contributed by atoms with Crippen molar-refractivity contribution in [3.8, 4) is 0 Å². The van der Waals surface area contributed by atoms with E-state index in [1.807, 2.05) is 0 Å². The molecule has 1 amide bonds. The largest absolute Gasteiger partial charge is 0.390 e. The molecule has 2 aromatic rings.